The number of hydrogen-bond donors (Lipinski definition) is 1. The number of carboxylic acid groups (broad SMARTS) is 1. The summed E-state index contributed by atoms with van der Waals surface area (Å²) in [7, 11) is 1.69. The van der Waals surface area contributed by atoms with Crippen molar-refractivity contribution in [3.63, 3.8) is 0 Å². The van der Waals surface area contributed by atoms with Gasteiger partial charge in [-0.05, 0) is 49.9 Å². The molecule has 2 aliphatic rings. The molecule has 1 N–H and O–H groups in total. The number of nitrogens with zero attached hydrogens (tertiary/aromatic N) is 2. The van der Waals surface area contributed by atoms with Gasteiger partial charge in [-0.3, -0.25) is 9.69 Å². The minimum Gasteiger partial charge on any atom is -0.475 e. The maximum absolute atomic E-state index is 13.2. The molecule has 1 spiro atoms. The van der Waals surface area contributed by atoms with Crippen LogP contribution in [0.4, 0.5) is 17.6 Å². The number of carboxylic acids is 1. The van der Waals surface area contributed by atoms with Gasteiger partial charge >= 0.3 is 12.1 Å². The molecule has 0 saturated carbocycles. The van der Waals surface area contributed by atoms with Gasteiger partial charge in [-0.2, -0.15) is 13.2 Å². The highest BCUT2D eigenvalue weighted by atomic mass is 19.4. The van der Waals surface area contributed by atoms with Crippen molar-refractivity contribution < 1.29 is 37.0 Å². The minimum absolute atomic E-state index is 0.0668. The number of alkyl halides is 3. The topological polar surface area (TPSA) is 70.1 Å². The van der Waals surface area contributed by atoms with E-state index in [9.17, 15) is 22.4 Å². The number of methoxy groups -OCH3 is 1. The van der Waals surface area contributed by atoms with E-state index in [4.69, 9.17) is 14.6 Å². The van der Waals surface area contributed by atoms with Gasteiger partial charge < -0.3 is 14.7 Å². The van der Waals surface area contributed by atoms with Crippen molar-refractivity contribution in [2.24, 2.45) is 0 Å². The molecule has 6 nitrogen and oxygen atoms in total. The number of amides is 1. The first-order valence-electron chi connectivity index (χ1n) is 10.6. The largest absolute Gasteiger partial charge is 0.490 e. The Hall–Kier alpha value is -2.20. The zero-order valence-electron chi connectivity index (χ0n) is 18.3. The average molecular weight is 462 g/mol. The molecule has 0 unspecified atom stereocenters. The molecule has 1 aromatic rings. The fourth-order valence-electron chi connectivity index (χ4n) is 4.88. The highest BCUT2D eigenvalue weighted by Gasteiger charge is 2.52. The predicted molar refractivity (Wildman–Crippen MR) is 109 cm³/mol. The number of carbonyl (C=O) groups is 2. The van der Waals surface area contributed by atoms with E-state index in [1.807, 2.05) is 12.1 Å². The van der Waals surface area contributed by atoms with Crippen LogP contribution in [0.3, 0.4) is 0 Å². The molecule has 2 aliphatic heterocycles. The number of hydrogen-bond acceptors (Lipinski definition) is 4. The quantitative estimate of drug-likeness (QED) is 0.651. The zero-order chi connectivity index (χ0) is 23.9. The maximum Gasteiger partial charge on any atom is 0.490 e. The number of rotatable bonds is 6. The van der Waals surface area contributed by atoms with Gasteiger partial charge in [0.2, 0.25) is 5.91 Å². The van der Waals surface area contributed by atoms with Crippen molar-refractivity contribution in [1.29, 1.82) is 0 Å². The molecular formula is C22H30F4N2O4. The monoisotopic (exact) mass is 462 g/mol. The van der Waals surface area contributed by atoms with E-state index in [-0.39, 0.29) is 17.3 Å². The van der Waals surface area contributed by atoms with E-state index in [1.54, 1.807) is 7.11 Å². The summed E-state index contributed by atoms with van der Waals surface area (Å²) in [4.78, 5) is 26.0. The Morgan fingerprint density at radius 2 is 1.88 bits per heavy atom. The summed E-state index contributed by atoms with van der Waals surface area (Å²) in [5, 5.41) is 7.12. The molecule has 0 aliphatic carbocycles. The van der Waals surface area contributed by atoms with Gasteiger partial charge in [-0.25, -0.2) is 9.18 Å². The van der Waals surface area contributed by atoms with Gasteiger partial charge in [0.15, 0.2) is 0 Å². The number of benzene rings is 1. The third-order valence-corrected chi connectivity index (χ3v) is 6.17. The molecule has 0 bridgehead atoms. The van der Waals surface area contributed by atoms with Crippen molar-refractivity contribution in [2.75, 3.05) is 26.8 Å². The number of ether oxygens (including phenoxy) is 1. The number of halogens is 4. The third-order valence-electron chi connectivity index (χ3n) is 6.17. The molecule has 2 fully saturated rings. The van der Waals surface area contributed by atoms with E-state index < -0.39 is 12.1 Å². The summed E-state index contributed by atoms with van der Waals surface area (Å²) in [6, 6.07) is 7.13. The normalized spacial score (nSPS) is 23.9. The molecule has 1 aromatic carbocycles. The van der Waals surface area contributed by atoms with Crippen LogP contribution in [-0.2, 0) is 20.9 Å². The number of carbonyl (C=O) groups excluding carboxylic acids is 1. The number of likely N-dealkylation sites (tertiary alicyclic amines) is 2. The Kier molecular flexibility index (Phi) is 9.03. The van der Waals surface area contributed by atoms with E-state index in [1.165, 1.54) is 12.1 Å². The molecule has 0 radical (unpaired) electrons. The van der Waals surface area contributed by atoms with Gasteiger partial charge in [0.25, 0.3) is 0 Å². The van der Waals surface area contributed by atoms with Crippen LogP contribution in [0.5, 0.6) is 0 Å². The third kappa shape index (κ3) is 6.19. The Bertz CT molecular complexity index is 772. The molecule has 180 valence electrons. The molecule has 2 atom stereocenters. The van der Waals surface area contributed by atoms with Crippen molar-refractivity contribution >= 4 is 11.9 Å². The molecule has 3 rings (SSSR count). The van der Waals surface area contributed by atoms with E-state index in [2.05, 4.69) is 16.7 Å². The van der Waals surface area contributed by atoms with Crippen LogP contribution in [0.15, 0.2) is 24.3 Å². The van der Waals surface area contributed by atoms with E-state index >= 15 is 0 Å². The summed E-state index contributed by atoms with van der Waals surface area (Å²) < 4.78 is 50.2. The lowest BCUT2D eigenvalue weighted by atomic mass is 9.77. The summed E-state index contributed by atoms with van der Waals surface area (Å²) >= 11 is 0. The number of piperidine rings is 1. The standard InChI is InChI=1S/C20H29FN2O2.C2HF3O2/c1-3-18-20(11-9-19(24)23(20)13-14-25-2)10-4-12-22(18)15-16-5-7-17(21)8-6-16;3-2(4,5)1(6)7/h5-8,18H,3-4,9-15H2,1-2H3;(H,6,7)/t18-,20-;/m0./s1. The number of aliphatic carboxylic acids is 1. The highest BCUT2D eigenvalue weighted by Crippen LogP contribution is 2.43. The summed E-state index contributed by atoms with van der Waals surface area (Å²) in [6.45, 7) is 5.32. The molecule has 1 amide bonds. The van der Waals surface area contributed by atoms with E-state index in [0.29, 0.717) is 25.6 Å². The second-order valence-electron chi connectivity index (χ2n) is 8.07. The van der Waals surface area contributed by atoms with Crippen LogP contribution in [0, 0.1) is 5.82 Å². The van der Waals surface area contributed by atoms with Crippen molar-refractivity contribution in [3.05, 3.63) is 35.6 Å². The average Bonchev–Trinajstić information content (AvgIpc) is 3.03. The predicted octanol–water partition coefficient (Wildman–Crippen LogP) is 3.84. The second-order valence-corrected chi connectivity index (χ2v) is 8.07. The lowest BCUT2D eigenvalue weighted by Crippen LogP contribution is -2.63. The SMILES string of the molecule is CC[C@@H]1N(Cc2ccc(F)cc2)CCC[C@]12CCC(=O)N2CCOC.O=C(O)C(F)(F)F. The van der Waals surface area contributed by atoms with Crippen molar-refractivity contribution in [3.8, 4) is 0 Å². The zero-order valence-corrected chi connectivity index (χ0v) is 18.3. The van der Waals surface area contributed by atoms with Gasteiger partial charge in [-0.15, -0.1) is 0 Å². The first-order valence-corrected chi connectivity index (χ1v) is 10.6. The van der Waals surface area contributed by atoms with Crippen LogP contribution < -0.4 is 0 Å². The second kappa shape index (κ2) is 11.1. The molecule has 0 aromatic heterocycles. The molecular weight excluding hydrogens is 432 g/mol. The van der Waals surface area contributed by atoms with Crippen molar-refractivity contribution in [1.82, 2.24) is 9.80 Å². The molecule has 10 heteroatoms. The van der Waals surface area contributed by atoms with Crippen LogP contribution in [-0.4, -0.2) is 71.3 Å². The van der Waals surface area contributed by atoms with E-state index in [0.717, 1.165) is 44.3 Å². The van der Waals surface area contributed by atoms with Gasteiger partial charge in [0.05, 0.1) is 12.1 Å². The van der Waals surface area contributed by atoms with Crippen LogP contribution in [0.25, 0.3) is 0 Å². The Labute approximate surface area is 185 Å². The molecule has 2 saturated heterocycles. The van der Waals surface area contributed by atoms with Gasteiger partial charge in [0.1, 0.15) is 5.82 Å². The maximum atomic E-state index is 13.2. The summed E-state index contributed by atoms with van der Waals surface area (Å²) in [5.74, 6) is -2.69. The molecule has 2 heterocycles. The minimum atomic E-state index is -5.08. The van der Waals surface area contributed by atoms with Crippen LogP contribution >= 0.6 is 0 Å². The smallest absolute Gasteiger partial charge is 0.475 e. The summed E-state index contributed by atoms with van der Waals surface area (Å²) in [6.07, 6.45) is -0.328. The molecule has 32 heavy (non-hydrogen) atoms. The first-order chi connectivity index (χ1) is 15.0. The van der Waals surface area contributed by atoms with Gasteiger partial charge in [-0.1, -0.05) is 19.1 Å². The van der Waals surface area contributed by atoms with Gasteiger partial charge in [0, 0.05) is 32.7 Å². The Balaban J connectivity index is 0.000000451. The lowest BCUT2D eigenvalue weighted by molar-refractivity contribution is -0.192. The van der Waals surface area contributed by atoms with Crippen LogP contribution in [0.1, 0.15) is 44.6 Å². The first kappa shape index (κ1) is 26.1. The van der Waals surface area contributed by atoms with Crippen molar-refractivity contribution in [2.45, 2.75) is 63.3 Å². The lowest BCUT2D eigenvalue weighted by Gasteiger charge is -2.52. The Morgan fingerprint density at radius 1 is 1.25 bits per heavy atom. The fourth-order valence-corrected chi connectivity index (χ4v) is 4.88. The Morgan fingerprint density at radius 3 is 2.41 bits per heavy atom. The highest BCUT2D eigenvalue weighted by molar-refractivity contribution is 5.80. The summed E-state index contributed by atoms with van der Waals surface area (Å²) in [5.41, 5.74) is 1.06. The fraction of sp³-hybridized carbons (Fsp3) is 0.636. The van der Waals surface area contributed by atoms with Crippen LogP contribution in [0.2, 0.25) is 0 Å².